The molecule has 100 valence electrons. The third-order valence-electron chi connectivity index (χ3n) is 2.94. The lowest BCUT2D eigenvalue weighted by Gasteiger charge is -2.15. The molecule has 0 saturated carbocycles. The van der Waals surface area contributed by atoms with E-state index >= 15 is 0 Å². The van der Waals surface area contributed by atoms with Gasteiger partial charge in [0.05, 0.1) is 5.02 Å². The highest BCUT2D eigenvalue weighted by atomic mass is 35.5. The molecule has 4 heteroatoms. The van der Waals surface area contributed by atoms with Gasteiger partial charge in [-0.25, -0.2) is 4.98 Å². The van der Waals surface area contributed by atoms with Crippen molar-refractivity contribution >= 4 is 17.3 Å². The molecule has 2 aromatic rings. The molecule has 0 atom stereocenters. The zero-order valence-corrected chi connectivity index (χ0v) is 12.0. The first-order chi connectivity index (χ1) is 8.97. The van der Waals surface area contributed by atoms with Crippen LogP contribution in [-0.2, 0) is 0 Å². The molecule has 0 radical (unpaired) electrons. The number of rotatable bonds is 3. The van der Waals surface area contributed by atoms with Crippen LogP contribution in [0.4, 0.5) is 5.69 Å². The largest absolute Gasteiger partial charge is 0.439 e. The topological polar surface area (TPSA) is 48.1 Å². The average Bonchev–Trinajstić information content (AvgIpc) is 2.36. The number of nitrogens with two attached hydrogens (primary N) is 1. The van der Waals surface area contributed by atoms with Crippen LogP contribution in [0.3, 0.4) is 0 Å². The molecular weight excluding hydrogens is 260 g/mol. The lowest BCUT2D eigenvalue weighted by atomic mass is 9.99. The Bertz CT molecular complexity index is 579. The molecule has 1 aromatic carbocycles. The number of aryl methyl sites for hydroxylation is 1. The SMILES string of the molecule is Cc1cc(Oc2ccc(Cl)cn2)c(C(C)C)cc1N. The van der Waals surface area contributed by atoms with E-state index in [-0.39, 0.29) is 0 Å². The average molecular weight is 277 g/mol. The van der Waals surface area contributed by atoms with Gasteiger partial charge >= 0.3 is 0 Å². The van der Waals surface area contributed by atoms with Crippen LogP contribution in [-0.4, -0.2) is 4.98 Å². The molecule has 0 aliphatic carbocycles. The zero-order valence-electron chi connectivity index (χ0n) is 11.3. The highest BCUT2D eigenvalue weighted by Gasteiger charge is 2.12. The van der Waals surface area contributed by atoms with Gasteiger partial charge in [-0.05, 0) is 42.2 Å². The Morgan fingerprint density at radius 3 is 2.58 bits per heavy atom. The summed E-state index contributed by atoms with van der Waals surface area (Å²) in [6.07, 6.45) is 1.57. The predicted molar refractivity (Wildman–Crippen MR) is 79.0 cm³/mol. The van der Waals surface area contributed by atoms with Gasteiger partial charge in [0.2, 0.25) is 5.88 Å². The van der Waals surface area contributed by atoms with Crippen LogP contribution >= 0.6 is 11.6 Å². The Labute approximate surface area is 118 Å². The van der Waals surface area contributed by atoms with E-state index in [1.54, 1.807) is 18.3 Å². The molecule has 19 heavy (non-hydrogen) atoms. The minimum atomic E-state index is 0.324. The monoisotopic (exact) mass is 276 g/mol. The Morgan fingerprint density at radius 2 is 2.00 bits per heavy atom. The van der Waals surface area contributed by atoms with E-state index < -0.39 is 0 Å². The number of hydrogen-bond donors (Lipinski definition) is 1. The van der Waals surface area contributed by atoms with Gasteiger partial charge in [0, 0.05) is 18.0 Å². The van der Waals surface area contributed by atoms with E-state index in [1.165, 1.54) is 0 Å². The maximum absolute atomic E-state index is 5.95. The fraction of sp³-hybridized carbons (Fsp3) is 0.267. The van der Waals surface area contributed by atoms with Crippen LogP contribution in [0.5, 0.6) is 11.6 Å². The van der Waals surface area contributed by atoms with Gasteiger partial charge in [-0.3, -0.25) is 0 Å². The molecule has 0 aliphatic heterocycles. The quantitative estimate of drug-likeness (QED) is 0.837. The van der Waals surface area contributed by atoms with E-state index in [0.29, 0.717) is 16.8 Å². The van der Waals surface area contributed by atoms with Gasteiger partial charge in [-0.15, -0.1) is 0 Å². The van der Waals surface area contributed by atoms with Crippen LogP contribution < -0.4 is 10.5 Å². The minimum Gasteiger partial charge on any atom is -0.439 e. The summed E-state index contributed by atoms with van der Waals surface area (Å²) < 4.78 is 5.84. The van der Waals surface area contributed by atoms with Crippen LogP contribution in [0.15, 0.2) is 30.5 Å². The molecule has 2 N–H and O–H groups in total. The third kappa shape index (κ3) is 3.18. The summed E-state index contributed by atoms with van der Waals surface area (Å²) in [5.74, 6) is 1.64. The number of aromatic nitrogens is 1. The number of halogens is 1. The molecule has 1 heterocycles. The van der Waals surface area contributed by atoms with E-state index in [9.17, 15) is 0 Å². The molecule has 2 rings (SSSR count). The van der Waals surface area contributed by atoms with Crippen molar-refractivity contribution in [3.8, 4) is 11.6 Å². The first-order valence-corrected chi connectivity index (χ1v) is 6.54. The summed E-state index contributed by atoms with van der Waals surface area (Å²) in [4.78, 5) is 4.14. The summed E-state index contributed by atoms with van der Waals surface area (Å²) in [5, 5.41) is 0.588. The van der Waals surface area contributed by atoms with Crippen molar-refractivity contribution in [3.05, 3.63) is 46.6 Å². The summed E-state index contributed by atoms with van der Waals surface area (Å²) in [6, 6.07) is 7.41. The fourth-order valence-electron chi connectivity index (χ4n) is 1.79. The van der Waals surface area contributed by atoms with Crippen molar-refractivity contribution in [2.45, 2.75) is 26.7 Å². The standard InChI is InChI=1S/C15H17ClN2O/c1-9(2)12-7-13(17)10(3)6-14(12)19-15-5-4-11(16)8-18-15/h4-9H,17H2,1-3H3. The van der Waals surface area contributed by atoms with Crippen LogP contribution in [0, 0.1) is 6.92 Å². The van der Waals surface area contributed by atoms with E-state index in [0.717, 1.165) is 22.6 Å². The van der Waals surface area contributed by atoms with Crippen molar-refractivity contribution in [1.82, 2.24) is 4.98 Å². The zero-order chi connectivity index (χ0) is 14.0. The normalized spacial score (nSPS) is 10.8. The molecule has 0 amide bonds. The van der Waals surface area contributed by atoms with Gasteiger partial charge < -0.3 is 10.5 Å². The van der Waals surface area contributed by atoms with E-state index in [1.807, 2.05) is 19.1 Å². The van der Waals surface area contributed by atoms with Crippen molar-refractivity contribution in [2.75, 3.05) is 5.73 Å². The predicted octanol–water partition coefficient (Wildman–Crippen LogP) is 4.54. The second-order valence-corrected chi connectivity index (χ2v) is 5.25. The molecule has 0 saturated heterocycles. The number of hydrogen-bond acceptors (Lipinski definition) is 3. The third-order valence-corrected chi connectivity index (χ3v) is 3.16. The molecule has 0 spiro atoms. The Kier molecular flexibility index (Phi) is 3.96. The number of nitrogens with zero attached hydrogens (tertiary/aromatic N) is 1. The Balaban J connectivity index is 2.38. The first-order valence-electron chi connectivity index (χ1n) is 6.17. The number of anilines is 1. The number of pyridine rings is 1. The lowest BCUT2D eigenvalue weighted by molar-refractivity contribution is 0.454. The Morgan fingerprint density at radius 1 is 1.26 bits per heavy atom. The van der Waals surface area contributed by atoms with Gasteiger partial charge in [0.25, 0.3) is 0 Å². The molecule has 0 aliphatic rings. The van der Waals surface area contributed by atoms with Crippen LogP contribution in [0.2, 0.25) is 5.02 Å². The van der Waals surface area contributed by atoms with Gasteiger partial charge in [0.1, 0.15) is 5.75 Å². The minimum absolute atomic E-state index is 0.324. The van der Waals surface area contributed by atoms with Crippen LogP contribution in [0.1, 0.15) is 30.9 Å². The molecular formula is C15H17ClN2O. The second kappa shape index (κ2) is 5.49. The molecule has 0 fully saturated rings. The maximum atomic E-state index is 5.95. The van der Waals surface area contributed by atoms with E-state index in [2.05, 4.69) is 18.8 Å². The molecule has 1 aromatic heterocycles. The van der Waals surface area contributed by atoms with Crippen molar-refractivity contribution in [3.63, 3.8) is 0 Å². The number of ether oxygens (including phenoxy) is 1. The Hall–Kier alpha value is -1.74. The second-order valence-electron chi connectivity index (χ2n) is 4.82. The lowest BCUT2D eigenvalue weighted by Crippen LogP contribution is -1.99. The van der Waals surface area contributed by atoms with E-state index in [4.69, 9.17) is 22.1 Å². The van der Waals surface area contributed by atoms with Gasteiger partial charge in [-0.2, -0.15) is 0 Å². The van der Waals surface area contributed by atoms with Crippen molar-refractivity contribution < 1.29 is 4.74 Å². The van der Waals surface area contributed by atoms with Crippen molar-refractivity contribution in [2.24, 2.45) is 0 Å². The van der Waals surface area contributed by atoms with Crippen LogP contribution in [0.25, 0.3) is 0 Å². The highest BCUT2D eigenvalue weighted by Crippen LogP contribution is 2.33. The maximum Gasteiger partial charge on any atom is 0.219 e. The number of nitrogen functional groups attached to an aromatic ring is 1. The summed E-state index contributed by atoms with van der Waals surface area (Å²) in [6.45, 7) is 6.17. The number of benzene rings is 1. The summed E-state index contributed by atoms with van der Waals surface area (Å²) >= 11 is 5.81. The van der Waals surface area contributed by atoms with Gasteiger partial charge in [0.15, 0.2) is 0 Å². The molecule has 3 nitrogen and oxygen atoms in total. The highest BCUT2D eigenvalue weighted by molar-refractivity contribution is 6.30. The smallest absolute Gasteiger partial charge is 0.219 e. The summed E-state index contributed by atoms with van der Waals surface area (Å²) in [7, 11) is 0. The summed E-state index contributed by atoms with van der Waals surface area (Å²) in [5.41, 5.74) is 8.79. The fourth-order valence-corrected chi connectivity index (χ4v) is 1.90. The first kappa shape index (κ1) is 13.7. The molecule has 0 bridgehead atoms. The molecule has 0 unspecified atom stereocenters. The van der Waals surface area contributed by atoms with Crippen molar-refractivity contribution in [1.29, 1.82) is 0 Å². The van der Waals surface area contributed by atoms with Gasteiger partial charge in [-0.1, -0.05) is 25.4 Å².